The average Bonchev–Trinajstić information content (AvgIpc) is 2.51. The van der Waals surface area contributed by atoms with Crippen molar-refractivity contribution in [3.63, 3.8) is 0 Å². The fourth-order valence-electron chi connectivity index (χ4n) is 2.63. The van der Waals surface area contributed by atoms with Gasteiger partial charge in [-0.1, -0.05) is 20.8 Å². The van der Waals surface area contributed by atoms with Gasteiger partial charge in [-0.3, -0.25) is 9.69 Å². The fourth-order valence-corrected chi connectivity index (χ4v) is 2.63. The number of hydrogen-bond acceptors (Lipinski definition) is 3. The maximum Gasteiger partial charge on any atom is 0.234 e. The number of carbonyl (C=O) groups excluding carboxylic acids is 1. The van der Waals surface area contributed by atoms with Crippen molar-refractivity contribution in [2.24, 2.45) is 11.3 Å². The van der Waals surface area contributed by atoms with Crippen molar-refractivity contribution in [2.45, 2.75) is 40.0 Å². The van der Waals surface area contributed by atoms with Crippen molar-refractivity contribution in [1.29, 1.82) is 0 Å². The van der Waals surface area contributed by atoms with E-state index in [1.807, 2.05) is 0 Å². The lowest BCUT2D eigenvalue weighted by molar-refractivity contribution is -0.122. The van der Waals surface area contributed by atoms with Crippen molar-refractivity contribution < 1.29 is 9.90 Å². The van der Waals surface area contributed by atoms with Crippen molar-refractivity contribution >= 4 is 5.91 Å². The number of aliphatic hydroxyl groups is 1. The van der Waals surface area contributed by atoms with E-state index >= 15 is 0 Å². The SMILES string of the molecule is CC(C)(C)C1CCCN(CC(=O)NCCO)CC1. The number of hydrogen-bond donors (Lipinski definition) is 2. The van der Waals surface area contributed by atoms with Crippen LogP contribution in [0.1, 0.15) is 40.0 Å². The Bertz CT molecular complexity index is 261. The molecule has 4 nitrogen and oxygen atoms in total. The van der Waals surface area contributed by atoms with Crippen LogP contribution < -0.4 is 5.32 Å². The molecule has 0 aliphatic carbocycles. The van der Waals surface area contributed by atoms with E-state index in [4.69, 9.17) is 5.11 Å². The second-order valence-corrected chi connectivity index (χ2v) is 6.34. The third kappa shape index (κ3) is 5.36. The Labute approximate surface area is 111 Å². The molecule has 1 aliphatic heterocycles. The molecule has 1 fully saturated rings. The molecule has 0 saturated carbocycles. The molecule has 0 bridgehead atoms. The highest BCUT2D eigenvalue weighted by atomic mass is 16.3. The van der Waals surface area contributed by atoms with Crippen LogP contribution in [-0.2, 0) is 4.79 Å². The first-order valence-electron chi connectivity index (χ1n) is 7.03. The van der Waals surface area contributed by atoms with Gasteiger partial charge in [-0.25, -0.2) is 0 Å². The third-order valence-corrected chi connectivity index (χ3v) is 3.85. The smallest absolute Gasteiger partial charge is 0.234 e. The average molecular weight is 256 g/mol. The van der Waals surface area contributed by atoms with E-state index in [1.165, 1.54) is 19.3 Å². The first kappa shape index (κ1) is 15.4. The van der Waals surface area contributed by atoms with Gasteiger partial charge in [-0.05, 0) is 43.7 Å². The molecule has 1 amide bonds. The van der Waals surface area contributed by atoms with Crippen molar-refractivity contribution in [1.82, 2.24) is 10.2 Å². The Kier molecular flexibility index (Phi) is 6.09. The summed E-state index contributed by atoms with van der Waals surface area (Å²) < 4.78 is 0. The van der Waals surface area contributed by atoms with E-state index < -0.39 is 0 Å². The maximum absolute atomic E-state index is 11.6. The van der Waals surface area contributed by atoms with Gasteiger partial charge in [0, 0.05) is 6.54 Å². The van der Waals surface area contributed by atoms with Crippen LogP contribution >= 0.6 is 0 Å². The molecule has 1 atom stereocenters. The van der Waals surface area contributed by atoms with Crippen molar-refractivity contribution in [2.75, 3.05) is 32.8 Å². The van der Waals surface area contributed by atoms with Gasteiger partial charge >= 0.3 is 0 Å². The molecular formula is C14H28N2O2. The number of likely N-dealkylation sites (tertiary alicyclic amines) is 1. The summed E-state index contributed by atoms with van der Waals surface area (Å²) in [5, 5.41) is 11.4. The summed E-state index contributed by atoms with van der Waals surface area (Å²) in [4.78, 5) is 13.8. The molecule has 1 aliphatic rings. The largest absolute Gasteiger partial charge is 0.395 e. The normalized spacial score (nSPS) is 22.6. The molecule has 4 heteroatoms. The van der Waals surface area contributed by atoms with E-state index in [9.17, 15) is 4.79 Å². The second-order valence-electron chi connectivity index (χ2n) is 6.34. The van der Waals surface area contributed by atoms with Gasteiger partial charge in [0.1, 0.15) is 0 Å². The summed E-state index contributed by atoms with van der Waals surface area (Å²) in [7, 11) is 0. The topological polar surface area (TPSA) is 52.6 Å². The van der Waals surface area contributed by atoms with Gasteiger partial charge in [0.2, 0.25) is 5.91 Å². The minimum Gasteiger partial charge on any atom is -0.395 e. The lowest BCUT2D eigenvalue weighted by Crippen LogP contribution is -2.38. The summed E-state index contributed by atoms with van der Waals surface area (Å²) >= 11 is 0. The van der Waals surface area contributed by atoms with Crippen LogP contribution in [0.25, 0.3) is 0 Å². The number of nitrogens with zero attached hydrogens (tertiary/aromatic N) is 1. The Morgan fingerprint density at radius 1 is 1.33 bits per heavy atom. The summed E-state index contributed by atoms with van der Waals surface area (Å²) in [6.07, 6.45) is 3.62. The minimum atomic E-state index is 0.0117. The number of carbonyl (C=O) groups is 1. The Balaban J connectivity index is 2.35. The number of nitrogens with one attached hydrogen (secondary N) is 1. The van der Waals surface area contributed by atoms with Crippen LogP contribution in [0.4, 0.5) is 0 Å². The Hall–Kier alpha value is -0.610. The second kappa shape index (κ2) is 7.10. The molecule has 1 rings (SSSR count). The molecule has 2 N–H and O–H groups in total. The monoisotopic (exact) mass is 256 g/mol. The van der Waals surface area contributed by atoms with Gasteiger partial charge in [0.25, 0.3) is 0 Å². The third-order valence-electron chi connectivity index (χ3n) is 3.85. The fraction of sp³-hybridized carbons (Fsp3) is 0.929. The predicted octanol–water partition coefficient (Wildman–Crippen LogP) is 1.24. The molecule has 0 aromatic carbocycles. The van der Waals surface area contributed by atoms with Gasteiger partial charge in [0.05, 0.1) is 13.2 Å². The molecule has 1 unspecified atom stereocenters. The lowest BCUT2D eigenvalue weighted by atomic mass is 9.77. The zero-order valence-electron chi connectivity index (χ0n) is 12.0. The van der Waals surface area contributed by atoms with Gasteiger partial charge in [-0.15, -0.1) is 0 Å². The number of aliphatic hydroxyl groups excluding tert-OH is 1. The first-order chi connectivity index (χ1) is 8.43. The predicted molar refractivity (Wildman–Crippen MR) is 73.3 cm³/mol. The highest BCUT2D eigenvalue weighted by Crippen LogP contribution is 2.34. The van der Waals surface area contributed by atoms with Crippen molar-refractivity contribution in [3.05, 3.63) is 0 Å². The summed E-state index contributed by atoms with van der Waals surface area (Å²) in [6.45, 7) is 9.78. The molecule has 1 saturated heterocycles. The van der Waals surface area contributed by atoms with Gasteiger partial charge < -0.3 is 10.4 Å². The minimum absolute atomic E-state index is 0.0117. The molecule has 0 radical (unpaired) electrons. The molecule has 1 heterocycles. The standard InChI is InChI=1S/C14H28N2O2/c1-14(2,3)12-5-4-8-16(9-6-12)11-13(18)15-7-10-17/h12,17H,4-11H2,1-3H3,(H,15,18). The zero-order valence-corrected chi connectivity index (χ0v) is 12.0. The lowest BCUT2D eigenvalue weighted by Gasteiger charge is -2.29. The Morgan fingerprint density at radius 2 is 2.06 bits per heavy atom. The van der Waals surface area contributed by atoms with Gasteiger partial charge in [-0.2, -0.15) is 0 Å². The van der Waals surface area contributed by atoms with Crippen molar-refractivity contribution in [3.8, 4) is 0 Å². The van der Waals surface area contributed by atoms with E-state index in [0.717, 1.165) is 19.0 Å². The molecule has 0 aromatic rings. The zero-order chi connectivity index (χ0) is 13.6. The highest BCUT2D eigenvalue weighted by Gasteiger charge is 2.27. The van der Waals surface area contributed by atoms with E-state index in [-0.39, 0.29) is 12.5 Å². The van der Waals surface area contributed by atoms with Gasteiger partial charge in [0.15, 0.2) is 0 Å². The highest BCUT2D eigenvalue weighted by molar-refractivity contribution is 5.77. The molecular weight excluding hydrogens is 228 g/mol. The Morgan fingerprint density at radius 3 is 2.67 bits per heavy atom. The molecule has 0 aromatic heterocycles. The van der Waals surface area contributed by atoms with Crippen LogP contribution in [0.2, 0.25) is 0 Å². The molecule has 0 spiro atoms. The summed E-state index contributed by atoms with van der Waals surface area (Å²) in [6, 6.07) is 0. The van der Waals surface area contributed by atoms with Crippen LogP contribution in [-0.4, -0.2) is 48.7 Å². The number of rotatable bonds is 4. The van der Waals surface area contributed by atoms with Crippen LogP contribution in [0.15, 0.2) is 0 Å². The molecule has 106 valence electrons. The van der Waals surface area contributed by atoms with E-state index in [1.54, 1.807) is 0 Å². The first-order valence-corrected chi connectivity index (χ1v) is 7.03. The summed E-state index contributed by atoms with van der Waals surface area (Å²) in [5.41, 5.74) is 0.370. The summed E-state index contributed by atoms with van der Waals surface area (Å²) in [5.74, 6) is 0.779. The number of amides is 1. The quantitative estimate of drug-likeness (QED) is 0.796. The van der Waals surface area contributed by atoms with Crippen LogP contribution in [0, 0.1) is 11.3 Å². The van der Waals surface area contributed by atoms with E-state index in [2.05, 4.69) is 31.0 Å². The van der Waals surface area contributed by atoms with Crippen LogP contribution in [0.3, 0.4) is 0 Å². The van der Waals surface area contributed by atoms with Crippen LogP contribution in [0.5, 0.6) is 0 Å². The van der Waals surface area contributed by atoms with E-state index in [0.29, 0.717) is 18.5 Å². The maximum atomic E-state index is 11.6. The molecule has 18 heavy (non-hydrogen) atoms.